The van der Waals surface area contributed by atoms with E-state index >= 15 is 0 Å². The van der Waals surface area contributed by atoms with Gasteiger partial charge in [-0.3, -0.25) is 14.4 Å². The summed E-state index contributed by atoms with van der Waals surface area (Å²) in [5, 5.41) is 0. The molecule has 0 aliphatic rings. The van der Waals surface area contributed by atoms with E-state index in [4.69, 9.17) is 14.2 Å². The topological polar surface area (TPSA) is 78.9 Å². The molecule has 0 aromatic rings. The van der Waals surface area contributed by atoms with Crippen molar-refractivity contribution in [1.82, 2.24) is 0 Å². The zero-order valence-corrected chi connectivity index (χ0v) is 55.2. The fourth-order valence-corrected chi connectivity index (χ4v) is 10.5. The number of unbranched alkanes of at least 4 members (excludes halogenated alkanes) is 41. The summed E-state index contributed by atoms with van der Waals surface area (Å²) in [6.45, 7) is 6.53. The number of hydrogen-bond donors (Lipinski definition) is 0. The average molecular weight is 1160 g/mol. The van der Waals surface area contributed by atoms with Gasteiger partial charge in [-0.2, -0.15) is 0 Å². The maximum absolute atomic E-state index is 12.9. The van der Waals surface area contributed by atoms with E-state index in [0.29, 0.717) is 19.3 Å². The summed E-state index contributed by atoms with van der Waals surface area (Å²) in [7, 11) is 0. The van der Waals surface area contributed by atoms with Crippen LogP contribution in [0, 0.1) is 0 Å². The molecule has 0 saturated carbocycles. The van der Waals surface area contributed by atoms with Crippen LogP contribution in [0.2, 0.25) is 0 Å². The maximum atomic E-state index is 12.9. The van der Waals surface area contributed by atoms with Crippen molar-refractivity contribution in [1.29, 1.82) is 0 Å². The van der Waals surface area contributed by atoms with Gasteiger partial charge in [0.1, 0.15) is 13.2 Å². The van der Waals surface area contributed by atoms with Gasteiger partial charge < -0.3 is 14.2 Å². The van der Waals surface area contributed by atoms with Crippen LogP contribution in [-0.4, -0.2) is 37.2 Å². The van der Waals surface area contributed by atoms with Crippen molar-refractivity contribution in [2.45, 2.75) is 374 Å². The zero-order chi connectivity index (χ0) is 59.9. The van der Waals surface area contributed by atoms with Crippen LogP contribution in [0.15, 0.2) is 85.1 Å². The monoisotopic (exact) mass is 1160 g/mol. The molecule has 0 heterocycles. The van der Waals surface area contributed by atoms with Gasteiger partial charge in [0.2, 0.25) is 0 Å². The number of carbonyl (C=O) groups is 3. The molecule has 83 heavy (non-hydrogen) atoms. The van der Waals surface area contributed by atoms with Crippen LogP contribution in [0.1, 0.15) is 367 Å². The van der Waals surface area contributed by atoms with Crippen molar-refractivity contribution < 1.29 is 28.6 Å². The number of ether oxygens (including phenoxy) is 3. The fraction of sp³-hybridized carbons (Fsp3) is 0.779. The third-order valence-electron chi connectivity index (χ3n) is 15.9. The Morgan fingerprint density at radius 1 is 0.253 bits per heavy atom. The molecule has 0 bridgehead atoms. The molecule has 0 aromatic carbocycles. The van der Waals surface area contributed by atoms with Crippen LogP contribution < -0.4 is 0 Å². The lowest BCUT2D eigenvalue weighted by atomic mass is 10.0. The van der Waals surface area contributed by atoms with Crippen LogP contribution in [-0.2, 0) is 28.6 Å². The van der Waals surface area contributed by atoms with Crippen LogP contribution in [0.5, 0.6) is 0 Å². The molecular weight excluding hydrogens is 1020 g/mol. The first-order valence-corrected chi connectivity index (χ1v) is 36.1. The van der Waals surface area contributed by atoms with Crippen LogP contribution in [0.25, 0.3) is 0 Å². The smallest absolute Gasteiger partial charge is 0.306 e. The maximum Gasteiger partial charge on any atom is 0.306 e. The van der Waals surface area contributed by atoms with Gasteiger partial charge in [-0.25, -0.2) is 0 Å². The molecular formula is C77H136O6. The summed E-state index contributed by atoms with van der Waals surface area (Å²) in [6, 6.07) is 0. The minimum Gasteiger partial charge on any atom is -0.462 e. The molecule has 0 aliphatic heterocycles. The summed E-state index contributed by atoms with van der Waals surface area (Å²) in [4.78, 5) is 38.4. The van der Waals surface area contributed by atoms with E-state index in [1.54, 1.807) is 0 Å². The Hall–Kier alpha value is -3.41. The van der Waals surface area contributed by atoms with Crippen molar-refractivity contribution in [3.05, 3.63) is 85.1 Å². The van der Waals surface area contributed by atoms with Gasteiger partial charge in [-0.05, 0) is 116 Å². The number of allylic oxidation sites excluding steroid dienone is 14. The second-order valence-corrected chi connectivity index (χ2v) is 24.1. The molecule has 0 fully saturated rings. The number of rotatable bonds is 66. The highest BCUT2D eigenvalue weighted by Gasteiger charge is 2.19. The van der Waals surface area contributed by atoms with Gasteiger partial charge in [0, 0.05) is 19.3 Å². The van der Waals surface area contributed by atoms with Gasteiger partial charge >= 0.3 is 17.9 Å². The Bertz CT molecular complexity index is 1570. The third-order valence-corrected chi connectivity index (χ3v) is 15.9. The summed E-state index contributed by atoms with van der Waals surface area (Å²) in [5.41, 5.74) is 0. The van der Waals surface area contributed by atoms with Gasteiger partial charge in [0.05, 0.1) is 0 Å². The van der Waals surface area contributed by atoms with Crippen LogP contribution in [0.3, 0.4) is 0 Å². The van der Waals surface area contributed by atoms with Gasteiger partial charge in [0.25, 0.3) is 0 Å². The summed E-state index contributed by atoms with van der Waals surface area (Å²) < 4.78 is 17.0. The quantitative estimate of drug-likeness (QED) is 0.0261. The molecule has 480 valence electrons. The van der Waals surface area contributed by atoms with Crippen molar-refractivity contribution in [3.8, 4) is 0 Å². The molecule has 0 spiro atoms. The van der Waals surface area contributed by atoms with E-state index in [-0.39, 0.29) is 31.1 Å². The minimum absolute atomic E-state index is 0.0792. The highest BCUT2D eigenvalue weighted by Crippen LogP contribution is 2.18. The van der Waals surface area contributed by atoms with Crippen molar-refractivity contribution in [3.63, 3.8) is 0 Å². The molecule has 0 rings (SSSR count). The fourth-order valence-electron chi connectivity index (χ4n) is 10.5. The van der Waals surface area contributed by atoms with E-state index in [1.807, 2.05) is 0 Å². The SMILES string of the molecule is CC/C=C\C/C=C\C/C=C\C/C=C\CCCCCCCCCCC(=O)OC(COC(=O)CCCCCCC/C=C\CCCCCC)COC(=O)CCCCCCCCCCCCCCCCCCCCC/C=C\C/C=C\CCCCCCC. The second kappa shape index (κ2) is 71.1. The largest absolute Gasteiger partial charge is 0.462 e. The van der Waals surface area contributed by atoms with Gasteiger partial charge in [0.15, 0.2) is 6.10 Å². The zero-order valence-electron chi connectivity index (χ0n) is 55.2. The van der Waals surface area contributed by atoms with Crippen LogP contribution in [0.4, 0.5) is 0 Å². The highest BCUT2D eigenvalue weighted by atomic mass is 16.6. The lowest BCUT2D eigenvalue weighted by Gasteiger charge is -2.18. The van der Waals surface area contributed by atoms with Crippen LogP contribution >= 0.6 is 0 Å². The average Bonchev–Trinajstić information content (AvgIpc) is 3.49. The molecule has 0 amide bonds. The summed E-state index contributed by atoms with van der Waals surface area (Å²) >= 11 is 0. The molecule has 1 atom stereocenters. The van der Waals surface area contributed by atoms with E-state index in [9.17, 15) is 14.4 Å². The van der Waals surface area contributed by atoms with Crippen molar-refractivity contribution >= 4 is 17.9 Å². The predicted octanol–water partition coefficient (Wildman–Crippen LogP) is 25.0. The Morgan fingerprint density at radius 3 is 0.759 bits per heavy atom. The summed E-state index contributed by atoms with van der Waals surface area (Å²) in [5.74, 6) is -0.878. The van der Waals surface area contributed by atoms with Gasteiger partial charge in [-0.15, -0.1) is 0 Å². The molecule has 1 unspecified atom stereocenters. The molecule has 0 aromatic heterocycles. The van der Waals surface area contributed by atoms with Crippen molar-refractivity contribution in [2.75, 3.05) is 13.2 Å². The third kappa shape index (κ3) is 69.3. The summed E-state index contributed by atoms with van der Waals surface area (Å²) in [6.07, 6.45) is 94.8. The molecule has 0 N–H and O–H groups in total. The Balaban J connectivity index is 4.21. The lowest BCUT2D eigenvalue weighted by molar-refractivity contribution is -0.167. The first-order valence-electron chi connectivity index (χ1n) is 36.1. The standard InChI is InChI=1S/C77H136O6/c1-4-7-10-13-16-19-22-25-27-29-31-33-34-35-36-37-38-39-40-41-42-44-45-47-49-52-55-58-61-64-67-70-76(79)82-73-74(72-81-75(78)69-66-63-60-57-54-51-24-21-18-15-12-9-6-3)83-77(80)71-68-65-62-59-56-53-50-48-46-43-32-30-28-26-23-20-17-14-11-8-5-2/h8,11,17,20-22,24-26,28-29,31-32,43,74H,4-7,9-10,12-16,18-19,23,27,30,33-42,44-73H2,1-3H3/b11-8-,20-17-,24-21-,25-22-,28-26-,31-29-,43-32-. The van der Waals surface area contributed by atoms with Crippen molar-refractivity contribution in [2.24, 2.45) is 0 Å². The first-order chi connectivity index (χ1) is 41.0. The normalized spacial score (nSPS) is 12.6. The number of carbonyl (C=O) groups excluding carboxylic acids is 3. The number of esters is 3. The predicted molar refractivity (Wildman–Crippen MR) is 362 cm³/mol. The van der Waals surface area contributed by atoms with E-state index in [1.165, 1.54) is 225 Å². The number of hydrogen-bond acceptors (Lipinski definition) is 6. The second-order valence-electron chi connectivity index (χ2n) is 24.1. The highest BCUT2D eigenvalue weighted by molar-refractivity contribution is 5.71. The molecule has 0 aliphatic carbocycles. The Kier molecular flexibility index (Phi) is 68.2. The Morgan fingerprint density at radius 2 is 0.470 bits per heavy atom. The molecule has 0 radical (unpaired) electrons. The van der Waals surface area contributed by atoms with E-state index in [0.717, 1.165) is 103 Å². The minimum atomic E-state index is -0.785. The molecule has 6 nitrogen and oxygen atoms in total. The van der Waals surface area contributed by atoms with E-state index < -0.39 is 6.10 Å². The molecule has 0 saturated heterocycles. The molecule has 6 heteroatoms. The lowest BCUT2D eigenvalue weighted by Crippen LogP contribution is -2.30. The van der Waals surface area contributed by atoms with Gasteiger partial charge in [-0.1, -0.05) is 318 Å². The van der Waals surface area contributed by atoms with E-state index in [2.05, 4.69) is 106 Å². The first kappa shape index (κ1) is 79.6. The Labute approximate surface area is 515 Å².